The Labute approximate surface area is 179 Å². The highest BCUT2D eigenvalue weighted by molar-refractivity contribution is 7.99. The van der Waals surface area contributed by atoms with Gasteiger partial charge in [0.1, 0.15) is 5.76 Å². The topological polar surface area (TPSA) is 102 Å². The summed E-state index contributed by atoms with van der Waals surface area (Å²) in [7, 11) is 0. The SMILES string of the molecule is Cc1occc1-c1nnc(SCC(=O)NC(=O)NC(C)(C)C)n1Cc1ccccc1. The molecule has 0 aliphatic carbocycles. The van der Waals surface area contributed by atoms with E-state index in [0.29, 0.717) is 17.5 Å². The number of rotatable bonds is 6. The zero-order valence-electron chi connectivity index (χ0n) is 17.4. The van der Waals surface area contributed by atoms with Crippen LogP contribution in [0.4, 0.5) is 4.79 Å². The fourth-order valence-corrected chi connectivity index (χ4v) is 3.52. The molecule has 30 heavy (non-hydrogen) atoms. The molecule has 0 spiro atoms. The van der Waals surface area contributed by atoms with Crippen LogP contribution in [-0.4, -0.2) is 38.0 Å². The molecule has 0 unspecified atom stereocenters. The Balaban J connectivity index is 1.76. The minimum Gasteiger partial charge on any atom is -0.469 e. The molecule has 3 aromatic rings. The normalized spacial score (nSPS) is 11.3. The van der Waals surface area contributed by atoms with Gasteiger partial charge >= 0.3 is 6.03 Å². The second-order valence-electron chi connectivity index (χ2n) is 7.81. The molecule has 8 nitrogen and oxygen atoms in total. The van der Waals surface area contributed by atoms with E-state index in [0.717, 1.165) is 16.9 Å². The molecule has 0 atom stereocenters. The minimum atomic E-state index is -0.520. The highest BCUT2D eigenvalue weighted by Crippen LogP contribution is 2.27. The standard InChI is InChI=1S/C21H25N5O3S/c1-14-16(10-11-29-14)18-24-25-20(26(18)12-15-8-6-5-7-9-15)30-13-17(27)22-19(28)23-21(2,3)4/h5-11H,12-13H2,1-4H3,(H2,22,23,27,28). The van der Waals surface area contributed by atoms with Gasteiger partial charge in [-0.3, -0.25) is 14.7 Å². The predicted molar refractivity (Wildman–Crippen MR) is 115 cm³/mol. The number of aromatic nitrogens is 3. The number of amides is 3. The number of nitrogens with zero attached hydrogens (tertiary/aromatic N) is 3. The van der Waals surface area contributed by atoms with Gasteiger partial charge in [-0.15, -0.1) is 10.2 Å². The van der Waals surface area contributed by atoms with Crippen molar-refractivity contribution in [3.63, 3.8) is 0 Å². The number of urea groups is 1. The van der Waals surface area contributed by atoms with Gasteiger partial charge in [0.25, 0.3) is 0 Å². The minimum absolute atomic E-state index is 0.0366. The van der Waals surface area contributed by atoms with Gasteiger partial charge in [0.05, 0.1) is 24.1 Å². The second kappa shape index (κ2) is 9.17. The smallest absolute Gasteiger partial charge is 0.321 e. The molecule has 0 bridgehead atoms. The quantitative estimate of drug-likeness (QED) is 0.583. The largest absolute Gasteiger partial charge is 0.469 e. The average molecular weight is 428 g/mol. The average Bonchev–Trinajstić information content (AvgIpc) is 3.25. The van der Waals surface area contributed by atoms with Crippen molar-refractivity contribution in [3.05, 3.63) is 54.0 Å². The van der Waals surface area contributed by atoms with Gasteiger partial charge in [0, 0.05) is 5.54 Å². The third kappa shape index (κ3) is 5.73. The number of nitrogens with one attached hydrogen (secondary N) is 2. The summed E-state index contributed by atoms with van der Waals surface area (Å²) in [5.74, 6) is 1.04. The van der Waals surface area contributed by atoms with E-state index < -0.39 is 17.5 Å². The molecule has 0 saturated heterocycles. The van der Waals surface area contributed by atoms with E-state index in [1.807, 2.05) is 68.7 Å². The summed E-state index contributed by atoms with van der Waals surface area (Å²) < 4.78 is 7.36. The van der Waals surface area contributed by atoms with Crippen molar-refractivity contribution < 1.29 is 14.0 Å². The van der Waals surface area contributed by atoms with Gasteiger partial charge < -0.3 is 9.73 Å². The molecule has 2 N–H and O–H groups in total. The van der Waals surface area contributed by atoms with Crippen LogP contribution in [0, 0.1) is 6.92 Å². The van der Waals surface area contributed by atoms with E-state index in [2.05, 4.69) is 20.8 Å². The zero-order valence-corrected chi connectivity index (χ0v) is 18.2. The fourth-order valence-electron chi connectivity index (χ4n) is 2.78. The molecule has 3 rings (SSSR count). The molecule has 0 radical (unpaired) electrons. The summed E-state index contributed by atoms with van der Waals surface area (Å²) in [6.07, 6.45) is 1.61. The first kappa shape index (κ1) is 21.6. The number of carbonyl (C=O) groups excluding carboxylic acids is 2. The molecular weight excluding hydrogens is 402 g/mol. The van der Waals surface area contributed by atoms with E-state index in [1.165, 1.54) is 11.8 Å². The number of imide groups is 1. The van der Waals surface area contributed by atoms with Gasteiger partial charge in [-0.05, 0) is 39.3 Å². The molecular formula is C21H25N5O3S. The number of hydrogen-bond donors (Lipinski definition) is 2. The van der Waals surface area contributed by atoms with Crippen molar-refractivity contribution in [3.8, 4) is 11.4 Å². The van der Waals surface area contributed by atoms with Crippen LogP contribution in [0.1, 0.15) is 32.1 Å². The third-order valence-corrected chi connectivity index (χ3v) is 5.04. The maximum atomic E-state index is 12.2. The third-order valence-electron chi connectivity index (χ3n) is 4.07. The summed E-state index contributed by atoms with van der Waals surface area (Å²) in [5, 5.41) is 14.2. The van der Waals surface area contributed by atoms with E-state index in [9.17, 15) is 9.59 Å². The number of thioether (sulfide) groups is 1. The van der Waals surface area contributed by atoms with Gasteiger partial charge in [0.15, 0.2) is 11.0 Å². The number of hydrogen-bond acceptors (Lipinski definition) is 6. The van der Waals surface area contributed by atoms with Crippen molar-refractivity contribution in [2.75, 3.05) is 5.75 Å². The van der Waals surface area contributed by atoms with Crippen LogP contribution in [0.15, 0.2) is 52.2 Å². The second-order valence-corrected chi connectivity index (χ2v) is 8.75. The van der Waals surface area contributed by atoms with E-state index in [1.54, 1.807) is 6.26 Å². The number of furan rings is 1. The summed E-state index contributed by atoms with van der Waals surface area (Å²) in [6.45, 7) is 7.94. The summed E-state index contributed by atoms with van der Waals surface area (Å²) >= 11 is 1.23. The van der Waals surface area contributed by atoms with E-state index >= 15 is 0 Å². The van der Waals surface area contributed by atoms with Crippen LogP contribution in [0.2, 0.25) is 0 Å². The zero-order chi connectivity index (χ0) is 21.7. The monoisotopic (exact) mass is 427 g/mol. The van der Waals surface area contributed by atoms with Crippen molar-refractivity contribution in [2.24, 2.45) is 0 Å². The van der Waals surface area contributed by atoms with Crippen LogP contribution in [0.25, 0.3) is 11.4 Å². The highest BCUT2D eigenvalue weighted by Gasteiger charge is 2.20. The molecule has 9 heteroatoms. The van der Waals surface area contributed by atoms with Crippen LogP contribution in [-0.2, 0) is 11.3 Å². The molecule has 0 fully saturated rings. The Bertz CT molecular complexity index is 1020. The van der Waals surface area contributed by atoms with Crippen LogP contribution >= 0.6 is 11.8 Å². The van der Waals surface area contributed by atoms with Gasteiger partial charge in [0.2, 0.25) is 5.91 Å². The van der Waals surface area contributed by atoms with Crippen LogP contribution in [0.3, 0.4) is 0 Å². The molecule has 158 valence electrons. The Hall–Kier alpha value is -3.07. The molecule has 0 aliphatic heterocycles. The van der Waals surface area contributed by atoms with Crippen LogP contribution < -0.4 is 10.6 Å². The first-order chi connectivity index (χ1) is 14.2. The Kier molecular flexibility index (Phi) is 6.61. The summed E-state index contributed by atoms with van der Waals surface area (Å²) in [5.41, 5.74) is 1.50. The molecule has 1 aromatic carbocycles. The summed E-state index contributed by atoms with van der Waals surface area (Å²) in [6, 6.07) is 11.3. The number of aryl methyl sites for hydroxylation is 1. The molecule has 0 aliphatic rings. The Morgan fingerprint density at radius 2 is 1.87 bits per heavy atom. The fraction of sp³-hybridized carbons (Fsp3) is 0.333. The number of benzene rings is 1. The lowest BCUT2D eigenvalue weighted by Gasteiger charge is -2.20. The molecule has 2 heterocycles. The summed E-state index contributed by atoms with van der Waals surface area (Å²) in [4.78, 5) is 24.1. The first-order valence-corrected chi connectivity index (χ1v) is 10.5. The lowest BCUT2D eigenvalue weighted by atomic mass is 10.1. The van der Waals surface area contributed by atoms with Crippen molar-refractivity contribution in [1.29, 1.82) is 0 Å². The number of carbonyl (C=O) groups is 2. The first-order valence-electron chi connectivity index (χ1n) is 9.49. The van der Waals surface area contributed by atoms with Gasteiger partial charge in [-0.1, -0.05) is 42.1 Å². The predicted octanol–water partition coefficient (Wildman–Crippen LogP) is 3.61. The van der Waals surface area contributed by atoms with Crippen LogP contribution in [0.5, 0.6) is 0 Å². The van der Waals surface area contributed by atoms with Gasteiger partial charge in [-0.25, -0.2) is 4.79 Å². The molecule has 0 saturated carbocycles. The van der Waals surface area contributed by atoms with Crippen molar-refractivity contribution in [2.45, 2.75) is 44.9 Å². The lowest BCUT2D eigenvalue weighted by molar-refractivity contribution is -0.117. The van der Waals surface area contributed by atoms with E-state index in [4.69, 9.17) is 4.42 Å². The maximum Gasteiger partial charge on any atom is 0.321 e. The van der Waals surface area contributed by atoms with Crippen molar-refractivity contribution >= 4 is 23.7 Å². The van der Waals surface area contributed by atoms with Gasteiger partial charge in [-0.2, -0.15) is 0 Å². The highest BCUT2D eigenvalue weighted by atomic mass is 32.2. The Morgan fingerprint density at radius 1 is 1.13 bits per heavy atom. The lowest BCUT2D eigenvalue weighted by Crippen LogP contribution is -2.48. The Morgan fingerprint density at radius 3 is 2.50 bits per heavy atom. The molecule has 2 aromatic heterocycles. The maximum absolute atomic E-state index is 12.2. The molecule has 3 amide bonds. The van der Waals surface area contributed by atoms with E-state index in [-0.39, 0.29) is 5.75 Å². The van der Waals surface area contributed by atoms with Crippen molar-refractivity contribution in [1.82, 2.24) is 25.4 Å².